The molecule has 2 atom stereocenters. The van der Waals surface area contributed by atoms with E-state index < -0.39 is 0 Å². The molecule has 28 heavy (non-hydrogen) atoms. The summed E-state index contributed by atoms with van der Waals surface area (Å²) in [6, 6.07) is 10.3. The van der Waals surface area contributed by atoms with Crippen molar-refractivity contribution in [1.82, 2.24) is 20.0 Å². The molecule has 5 heteroatoms. The molecule has 3 rings (SSSR count). The monoisotopic (exact) mass is 384 g/mol. The SMILES string of the molecule is CC(C)c1nn(-c2ccccc2)cc1CNCCCCN1C[C@@H](C)O[C@@H](C)C1. The van der Waals surface area contributed by atoms with E-state index in [1.807, 2.05) is 10.7 Å². The fraction of sp³-hybridized carbons (Fsp3) is 0.609. The summed E-state index contributed by atoms with van der Waals surface area (Å²) in [6.45, 7) is 14.0. The minimum atomic E-state index is 0.359. The van der Waals surface area contributed by atoms with E-state index in [2.05, 4.69) is 68.4 Å². The van der Waals surface area contributed by atoms with Crippen molar-refractivity contribution >= 4 is 0 Å². The Hall–Kier alpha value is -1.69. The molecule has 1 N–H and O–H groups in total. The zero-order chi connectivity index (χ0) is 19.9. The largest absolute Gasteiger partial charge is 0.373 e. The average Bonchev–Trinajstić information content (AvgIpc) is 3.09. The Labute approximate surface area is 170 Å². The van der Waals surface area contributed by atoms with Gasteiger partial charge in [-0.1, -0.05) is 32.0 Å². The number of morpholine rings is 1. The van der Waals surface area contributed by atoms with Gasteiger partial charge in [0.05, 0.1) is 23.6 Å². The van der Waals surface area contributed by atoms with Crippen LogP contribution in [0.1, 0.15) is 57.7 Å². The number of rotatable bonds is 9. The van der Waals surface area contributed by atoms with Gasteiger partial charge in [0, 0.05) is 31.4 Å². The highest BCUT2D eigenvalue weighted by Crippen LogP contribution is 2.20. The molecule has 1 saturated heterocycles. The van der Waals surface area contributed by atoms with Crippen LogP contribution in [0.2, 0.25) is 0 Å². The van der Waals surface area contributed by atoms with Crippen molar-refractivity contribution in [3.05, 3.63) is 47.8 Å². The molecule has 2 aromatic rings. The maximum atomic E-state index is 5.81. The summed E-state index contributed by atoms with van der Waals surface area (Å²) in [7, 11) is 0. The van der Waals surface area contributed by atoms with Crippen molar-refractivity contribution in [2.24, 2.45) is 0 Å². The summed E-state index contributed by atoms with van der Waals surface area (Å²) < 4.78 is 7.82. The van der Waals surface area contributed by atoms with Gasteiger partial charge < -0.3 is 10.1 Å². The van der Waals surface area contributed by atoms with Crippen LogP contribution in [0, 0.1) is 0 Å². The normalized spacial score (nSPS) is 20.8. The summed E-state index contributed by atoms with van der Waals surface area (Å²) in [5.74, 6) is 0.423. The van der Waals surface area contributed by atoms with Crippen molar-refractivity contribution in [1.29, 1.82) is 0 Å². The van der Waals surface area contributed by atoms with E-state index in [0.717, 1.165) is 31.9 Å². The Kier molecular flexibility index (Phi) is 7.65. The number of para-hydroxylation sites is 1. The van der Waals surface area contributed by atoms with Crippen molar-refractivity contribution in [2.75, 3.05) is 26.2 Å². The van der Waals surface area contributed by atoms with Gasteiger partial charge in [-0.25, -0.2) is 4.68 Å². The van der Waals surface area contributed by atoms with Gasteiger partial charge in [0.1, 0.15) is 0 Å². The van der Waals surface area contributed by atoms with E-state index >= 15 is 0 Å². The lowest BCUT2D eigenvalue weighted by Gasteiger charge is -2.35. The Morgan fingerprint density at radius 3 is 2.50 bits per heavy atom. The highest BCUT2D eigenvalue weighted by Gasteiger charge is 2.21. The molecule has 0 radical (unpaired) electrons. The van der Waals surface area contributed by atoms with Crippen LogP contribution >= 0.6 is 0 Å². The van der Waals surface area contributed by atoms with Gasteiger partial charge in [-0.15, -0.1) is 0 Å². The quantitative estimate of drug-likeness (QED) is 0.664. The van der Waals surface area contributed by atoms with Crippen LogP contribution < -0.4 is 5.32 Å². The zero-order valence-electron chi connectivity index (χ0n) is 17.9. The third-order valence-corrected chi connectivity index (χ3v) is 5.28. The van der Waals surface area contributed by atoms with Gasteiger partial charge in [0.25, 0.3) is 0 Å². The number of nitrogens with zero attached hydrogens (tertiary/aromatic N) is 3. The first-order valence-corrected chi connectivity index (χ1v) is 10.8. The molecule has 0 unspecified atom stereocenters. The predicted molar refractivity (Wildman–Crippen MR) is 115 cm³/mol. The van der Waals surface area contributed by atoms with Crippen LogP contribution in [0.3, 0.4) is 0 Å². The minimum absolute atomic E-state index is 0.359. The Balaban J connectivity index is 1.44. The fourth-order valence-electron chi connectivity index (χ4n) is 4.03. The lowest BCUT2D eigenvalue weighted by atomic mass is 10.1. The first kappa shape index (κ1) is 21.0. The Morgan fingerprint density at radius 1 is 1.11 bits per heavy atom. The summed E-state index contributed by atoms with van der Waals surface area (Å²) >= 11 is 0. The lowest BCUT2D eigenvalue weighted by Crippen LogP contribution is -2.45. The topological polar surface area (TPSA) is 42.3 Å². The number of aromatic nitrogens is 2. The van der Waals surface area contributed by atoms with E-state index in [4.69, 9.17) is 9.84 Å². The van der Waals surface area contributed by atoms with Crippen LogP contribution in [-0.4, -0.2) is 53.1 Å². The molecule has 2 heterocycles. The molecule has 1 aromatic heterocycles. The van der Waals surface area contributed by atoms with Crippen LogP contribution in [-0.2, 0) is 11.3 Å². The van der Waals surface area contributed by atoms with Crippen LogP contribution in [0.5, 0.6) is 0 Å². The number of nitrogens with one attached hydrogen (secondary N) is 1. The molecule has 1 fully saturated rings. The molecule has 0 bridgehead atoms. The summed E-state index contributed by atoms with van der Waals surface area (Å²) in [6.07, 6.45) is 5.32. The maximum Gasteiger partial charge on any atom is 0.0699 e. The predicted octanol–water partition coefficient (Wildman–Crippen LogP) is 3.97. The molecule has 0 aliphatic carbocycles. The molecule has 0 saturated carbocycles. The molecule has 154 valence electrons. The van der Waals surface area contributed by atoms with Crippen molar-refractivity contribution < 1.29 is 4.74 Å². The minimum Gasteiger partial charge on any atom is -0.373 e. The van der Waals surface area contributed by atoms with E-state index in [1.54, 1.807) is 0 Å². The second-order valence-electron chi connectivity index (χ2n) is 8.38. The Morgan fingerprint density at radius 2 is 1.82 bits per heavy atom. The van der Waals surface area contributed by atoms with Crippen molar-refractivity contribution in [3.63, 3.8) is 0 Å². The lowest BCUT2D eigenvalue weighted by molar-refractivity contribution is -0.0681. The second kappa shape index (κ2) is 10.2. The van der Waals surface area contributed by atoms with E-state index in [9.17, 15) is 0 Å². The second-order valence-corrected chi connectivity index (χ2v) is 8.38. The van der Waals surface area contributed by atoms with Gasteiger partial charge in [-0.05, 0) is 57.8 Å². The standard InChI is InChI=1S/C23H36N4O/c1-18(2)23-21(17-27(25-23)22-10-6-5-7-11-22)14-24-12-8-9-13-26-15-19(3)28-20(4)16-26/h5-7,10-11,17-20,24H,8-9,12-16H2,1-4H3/t19-,20+. The van der Waals surface area contributed by atoms with E-state index in [0.29, 0.717) is 18.1 Å². The molecule has 0 amide bonds. The fourth-order valence-corrected chi connectivity index (χ4v) is 4.03. The van der Waals surface area contributed by atoms with Gasteiger partial charge in [0.15, 0.2) is 0 Å². The van der Waals surface area contributed by atoms with Crippen molar-refractivity contribution in [3.8, 4) is 5.69 Å². The summed E-state index contributed by atoms with van der Waals surface area (Å²) in [4.78, 5) is 2.54. The van der Waals surface area contributed by atoms with Gasteiger partial charge >= 0.3 is 0 Å². The first-order chi connectivity index (χ1) is 13.5. The third-order valence-electron chi connectivity index (χ3n) is 5.28. The summed E-state index contributed by atoms with van der Waals surface area (Å²) in [5.41, 5.74) is 3.60. The highest BCUT2D eigenvalue weighted by molar-refractivity contribution is 5.33. The molecule has 5 nitrogen and oxygen atoms in total. The maximum absolute atomic E-state index is 5.81. The first-order valence-electron chi connectivity index (χ1n) is 10.8. The van der Waals surface area contributed by atoms with Gasteiger partial charge in [-0.2, -0.15) is 5.10 Å². The number of ether oxygens (including phenoxy) is 1. The number of hydrogen-bond acceptors (Lipinski definition) is 4. The summed E-state index contributed by atoms with van der Waals surface area (Å²) in [5, 5.41) is 8.45. The average molecular weight is 385 g/mol. The van der Waals surface area contributed by atoms with Gasteiger partial charge in [0.2, 0.25) is 0 Å². The number of unbranched alkanes of at least 4 members (excludes halogenated alkanes) is 1. The molecular formula is C23H36N4O. The molecule has 0 spiro atoms. The highest BCUT2D eigenvalue weighted by atomic mass is 16.5. The van der Waals surface area contributed by atoms with Crippen LogP contribution in [0.4, 0.5) is 0 Å². The Bertz CT molecular complexity index is 703. The smallest absolute Gasteiger partial charge is 0.0699 e. The van der Waals surface area contributed by atoms with Crippen LogP contribution in [0.15, 0.2) is 36.5 Å². The number of benzene rings is 1. The molecule has 1 aliphatic rings. The third kappa shape index (κ3) is 5.90. The molecular weight excluding hydrogens is 348 g/mol. The van der Waals surface area contributed by atoms with E-state index in [1.165, 1.54) is 30.6 Å². The zero-order valence-corrected chi connectivity index (χ0v) is 17.9. The van der Waals surface area contributed by atoms with E-state index in [-0.39, 0.29) is 0 Å². The van der Waals surface area contributed by atoms with Crippen LogP contribution in [0.25, 0.3) is 5.69 Å². The van der Waals surface area contributed by atoms with Gasteiger partial charge in [-0.3, -0.25) is 4.90 Å². The van der Waals surface area contributed by atoms with Crippen molar-refractivity contribution in [2.45, 2.75) is 65.2 Å². The number of hydrogen-bond donors (Lipinski definition) is 1. The molecule has 1 aliphatic heterocycles. The molecule has 1 aromatic carbocycles.